The molecule has 2 aromatic rings. The molecule has 1 N–H and O–H groups in total. The van der Waals surface area contributed by atoms with Crippen LogP contribution in [0, 0.1) is 6.92 Å². The number of carbonyl (C=O) groups is 1. The van der Waals surface area contributed by atoms with Crippen molar-refractivity contribution in [3.05, 3.63) is 59.7 Å². The molecule has 0 aliphatic heterocycles. The highest BCUT2D eigenvalue weighted by atomic mass is 16.5. The third-order valence-electron chi connectivity index (χ3n) is 4.45. The third-order valence-corrected chi connectivity index (χ3v) is 4.45. The SMILES string of the molecule is CC[C@H](Oc1cccc(C)c1)C(=O)Nc1ccc(CN(CC)CC)cc1. The fraction of sp³-hybridized carbons (Fsp3) is 0.409. The molecule has 2 aromatic carbocycles. The zero-order valence-electron chi connectivity index (χ0n) is 16.3. The van der Waals surface area contributed by atoms with E-state index in [1.54, 1.807) is 0 Å². The molecular weight excluding hydrogens is 324 g/mol. The molecule has 0 bridgehead atoms. The number of aryl methyl sites for hydroxylation is 1. The lowest BCUT2D eigenvalue weighted by atomic mass is 10.1. The van der Waals surface area contributed by atoms with Gasteiger partial charge in [-0.05, 0) is 61.8 Å². The van der Waals surface area contributed by atoms with Crippen molar-refractivity contribution in [2.24, 2.45) is 0 Å². The van der Waals surface area contributed by atoms with E-state index in [-0.39, 0.29) is 5.91 Å². The Hall–Kier alpha value is -2.33. The third kappa shape index (κ3) is 5.88. The van der Waals surface area contributed by atoms with E-state index in [9.17, 15) is 4.79 Å². The predicted molar refractivity (Wildman–Crippen MR) is 108 cm³/mol. The van der Waals surface area contributed by atoms with Crippen LogP contribution in [0.5, 0.6) is 5.75 Å². The summed E-state index contributed by atoms with van der Waals surface area (Å²) >= 11 is 0. The van der Waals surface area contributed by atoms with E-state index in [0.29, 0.717) is 6.42 Å². The molecule has 0 radical (unpaired) electrons. The van der Waals surface area contributed by atoms with Crippen molar-refractivity contribution in [1.82, 2.24) is 4.90 Å². The van der Waals surface area contributed by atoms with Crippen molar-refractivity contribution in [2.75, 3.05) is 18.4 Å². The van der Waals surface area contributed by atoms with Crippen LogP contribution in [0.25, 0.3) is 0 Å². The van der Waals surface area contributed by atoms with E-state index in [1.165, 1.54) is 5.56 Å². The average molecular weight is 354 g/mol. The van der Waals surface area contributed by atoms with Crippen LogP contribution in [-0.4, -0.2) is 30.0 Å². The maximum Gasteiger partial charge on any atom is 0.265 e. The monoisotopic (exact) mass is 354 g/mol. The van der Waals surface area contributed by atoms with Crippen molar-refractivity contribution >= 4 is 11.6 Å². The van der Waals surface area contributed by atoms with Gasteiger partial charge in [-0.25, -0.2) is 0 Å². The van der Waals surface area contributed by atoms with Crippen LogP contribution in [0.1, 0.15) is 38.3 Å². The Bertz CT molecular complexity index is 694. The number of rotatable bonds is 9. The Kier molecular flexibility index (Phi) is 7.67. The standard InChI is InChI=1S/C22H30N2O2/c1-5-21(26-20-10-8-9-17(4)15-20)22(25)23-19-13-11-18(12-14-19)16-24(6-2)7-3/h8-15,21H,5-7,16H2,1-4H3,(H,23,25)/t21-/m0/s1. The first-order valence-electron chi connectivity index (χ1n) is 9.41. The second-order valence-electron chi connectivity index (χ2n) is 6.48. The average Bonchev–Trinajstić information content (AvgIpc) is 2.65. The smallest absolute Gasteiger partial charge is 0.265 e. The normalized spacial score (nSPS) is 12.0. The Morgan fingerprint density at radius 2 is 1.77 bits per heavy atom. The van der Waals surface area contributed by atoms with Crippen LogP contribution >= 0.6 is 0 Å². The molecule has 0 fully saturated rings. The highest BCUT2D eigenvalue weighted by Crippen LogP contribution is 2.17. The molecule has 1 atom stereocenters. The minimum absolute atomic E-state index is 0.120. The number of amides is 1. The largest absolute Gasteiger partial charge is 0.481 e. The van der Waals surface area contributed by atoms with Crippen molar-refractivity contribution < 1.29 is 9.53 Å². The van der Waals surface area contributed by atoms with Crippen LogP contribution in [-0.2, 0) is 11.3 Å². The maximum atomic E-state index is 12.5. The summed E-state index contributed by atoms with van der Waals surface area (Å²) in [5.41, 5.74) is 3.15. The summed E-state index contributed by atoms with van der Waals surface area (Å²) in [5.74, 6) is 0.604. The highest BCUT2D eigenvalue weighted by Gasteiger charge is 2.18. The van der Waals surface area contributed by atoms with Crippen molar-refractivity contribution in [3.63, 3.8) is 0 Å². The van der Waals surface area contributed by atoms with Gasteiger partial charge in [0.15, 0.2) is 6.10 Å². The van der Waals surface area contributed by atoms with Gasteiger partial charge in [0.2, 0.25) is 0 Å². The molecule has 4 nitrogen and oxygen atoms in total. The minimum Gasteiger partial charge on any atom is -0.481 e. The summed E-state index contributed by atoms with van der Waals surface area (Å²) in [6.45, 7) is 11.3. The van der Waals surface area contributed by atoms with Gasteiger partial charge >= 0.3 is 0 Å². The van der Waals surface area contributed by atoms with Gasteiger partial charge in [-0.3, -0.25) is 9.69 Å². The Morgan fingerprint density at radius 3 is 2.35 bits per heavy atom. The number of carbonyl (C=O) groups excluding carboxylic acids is 1. The Labute approximate surface area is 157 Å². The van der Waals surface area contributed by atoms with Crippen LogP contribution < -0.4 is 10.1 Å². The van der Waals surface area contributed by atoms with Crippen LogP contribution in [0.3, 0.4) is 0 Å². The number of anilines is 1. The van der Waals surface area contributed by atoms with E-state index in [0.717, 1.165) is 36.6 Å². The van der Waals surface area contributed by atoms with E-state index >= 15 is 0 Å². The molecule has 2 rings (SSSR count). The molecule has 0 saturated heterocycles. The summed E-state index contributed by atoms with van der Waals surface area (Å²) in [6.07, 6.45) is 0.104. The zero-order valence-corrected chi connectivity index (χ0v) is 16.3. The number of hydrogen-bond acceptors (Lipinski definition) is 3. The molecule has 0 spiro atoms. The molecule has 0 aromatic heterocycles. The summed E-state index contributed by atoms with van der Waals surface area (Å²) < 4.78 is 5.87. The lowest BCUT2D eigenvalue weighted by Gasteiger charge is -2.19. The van der Waals surface area contributed by atoms with Gasteiger partial charge < -0.3 is 10.1 Å². The number of nitrogens with one attached hydrogen (secondary N) is 1. The van der Waals surface area contributed by atoms with Crippen molar-refractivity contribution in [3.8, 4) is 5.75 Å². The molecule has 0 aliphatic rings. The molecule has 0 unspecified atom stereocenters. The van der Waals surface area contributed by atoms with E-state index in [4.69, 9.17) is 4.74 Å². The lowest BCUT2D eigenvalue weighted by Crippen LogP contribution is -2.32. The minimum atomic E-state index is -0.507. The lowest BCUT2D eigenvalue weighted by molar-refractivity contribution is -0.122. The van der Waals surface area contributed by atoms with Crippen molar-refractivity contribution in [2.45, 2.75) is 46.8 Å². The quantitative estimate of drug-likeness (QED) is 0.714. The fourth-order valence-electron chi connectivity index (χ4n) is 2.80. The van der Waals surface area contributed by atoms with Gasteiger partial charge in [0, 0.05) is 12.2 Å². The molecule has 4 heteroatoms. The number of nitrogens with zero attached hydrogens (tertiary/aromatic N) is 1. The second kappa shape index (κ2) is 9.97. The number of hydrogen-bond donors (Lipinski definition) is 1. The molecule has 1 amide bonds. The Morgan fingerprint density at radius 1 is 1.08 bits per heavy atom. The zero-order chi connectivity index (χ0) is 18.9. The van der Waals surface area contributed by atoms with E-state index in [1.807, 2.05) is 50.2 Å². The molecule has 140 valence electrons. The second-order valence-corrected chi connectivity index (χ2v) is 6.48. The first-order valence-corrected chi connectivity index (χ1v) is 9.41. The van der Waals surface area contributed by atoms with Gasteiger partial charge in [0.1, 0.15) is 5.75 Å². The van der Waals surface area contributed by atoms with Gasteiger partial charge in [-0.15, -0.1) is 0 Å². The summed E-state index contributed by atoms with van der Waals surface area (Å²) in [7, 11) is 0. The maximum absolute atomic E-state index is 12.5. The van der Waals surface area contributed by atoms with Crippen LogP contribution in [0.15, 0.2) is 48.5 Å². The molecule has 0 heterocycles. The predicted octanol–water partition coefficient (Wildman–Crippen LogP) is 4.63. The molecule has 0 aliphatic carbocycles. The van der Waals surface area contributed by atoms with Crippen LogP contribution in [0.2, 0.25) is 0 Å². The van der Waals surface area contributed by atoms with Gasteiger partial charge in [0.25, 0.3) is 5.91 Å². The fourth-order valence-corrected chi connectivity index (χ4v) is 2.80. The highest BCUT2D eigenvalue weighted by molar-refractivity contribution is 5.94. The van der Waals surface area contributed by atoms with Gasteiger partial charge in [-0.1, -0.05) is 45.0 Å². The molecular formula is C22H30N2O2. The molecule has 26 heavy (non-hydrogen) atoms. The van der Waals surface area contributed by atoms with Crippen molar-refractivity contribution in [1.29, 1.82) is 0 Å². The summed E-state index contributed by atoms with van der Waals surface area (Å²) in [6, 6.07) is 15.8. The van der Waals surface area contributed by atoms with Gasteiger partial charge in [0.05, 0.1) is 0 Å². The van der Waals surface area contributed by atoms with Crippen LogP contribution in [0.4, 0.5) is 5.69 Å². The van der Waals surface area contributed by atoms with Gasteiger partial charge in [-0.2, -0.15) is 0 Å². The number of benzene rings is 2. The van der Waals surface area contributed by atoms with E-state index in [2.05, 4.69) is 36.2 Å². The topological polar surface area (TPSA) is 41.6 Å². The van der Waals surface area contributed by atoms with E-state index < -0.39 is 6.10 Å². The summed E-state index contributed by atoms with van der Waals surface area (Å²) in [5, 5.41) is 2.96. The molecule has 0 saturated carbocycles. The first kappa shape index (κ1) is 20.0. The first-order chi connectivity index (χ1) is 12.5. The summed E-state index contributed by atoms with van der Waals surface area (Å²) in [4.78, 5) is 14.9. The Balaban J connectivity index is 1.96. The number of ether oxygens (including phenoxy) is 1.